The van der Waals surface area contributed by atoms with Crippen molar-refractivity contribution in [1.29, 1.82) is 0 Å². The summed E-state index contributed by atoms with van der Waals surface area (Å²) in [5.74, 6) is -0.577. The zero-order valence-electron chi connectivity index (χ0n) is 17.0. The SMILES string of the molecule is CCCCOC(=O)CN(c1cccc2ccccc12)S(=O)(=O)c1cc(C)cc(Br)c1. The van der Waals surface area contributed by atoms with Crippen LogP contribution in [0.25, 0.3) is 10.8 Å². The molecule has 0 aliphatic carbocycles. The van der Waals surface area contributed by atoms with Crippen LogP contribution >= 0.6 is 15.9 Å². The van der Waals surface area contributed by atoms with E-state index in [1.54, 1.807) is 24.3 Å². The van der Waals surface area contributed by atoms with Crippen molar-refractivity contribution in [3.63, 3.8) is 0 Å². The molecule has 0 aliphatic heterocycles. The van der Waals surface area contributed by atoms with E-state index in [1.165, 1.54) is 0 Å². The number of sulfonamides is 1. The third kappa shape index (κ3) is 5.02. The van der Waals surface area contributed by atoms with Crippen LogP contribution in [0.1, 0.15) is 25.3 Å². The molecule has 0 heterocycles. The Bertz CT molecular complexity index is 1140. The highest BCUT2D eigenvalue weighted by atomic mass is 79.9. The lowest BCUT2D eigenvalue weighted by Crippen LogP contribution is -2.37. The van der Waals surface area contributed by atoms with Crippen molar-refractivity contribution in [3.8, 4) is 0 Å². The van der Waals surface area contributed by atoms with Crippen molar-refractivity contribution in [2.45, 2.75) is 31.6 Å². The summed E-state index contributed by atoms with van der Waals surface area (Å²) in [6.07, 6.45) is 1.62. The summed E-state index contributed by atoms with van der Waals surface area (Å²) in [7, 11) is -4.01. The van der Waals surface area contributed by atoms with Gasteiger partial charge in [0, 0.05) is 9.86 Å². The monoisotopic (exact) mass is 489 g/mol. The summed E-state index contributed by atoms with van der Waals surface area (Å²) < 4.78 is 34.4. The van der Waals surface area contributed by atoms with Crippen molar-refractivity contribution < 1.29 is 17.9 Å². The number of unbranched alkanes of at least 4 members (excludes halogenated alkanes) is 1. The van der Waals surface area contributed by atoms with E-state index in [2.05, 4.69) is 15.9 Å². The molecule has 0 saturated carbocycles. The minimum absolute atomic E-state index is 0.115. The van der Waals surface area contributed by atoms with E-state index in [0.29, 0.717) is 10.2 Å². The van der Waals surface area contributed by atoms with Gasteiger partial charge in [0.15, 0.2) is 0 Å². The van der Waals surface area contributed by atoms with E-state index < -0.39 is 22.5 Å². The standard InChI is InChI=1S/C23H24BrNO4S/c1-3-4-12-29-23(26)16-25(22-11-7-9-18-8-5-6-10-21(18)22)30(27,28)20-14-17(2)13-19(24)15-20/h5-11,13-15H,3-4,12,16H2,1-2H3. The number of esters is 1. The number of carbonyl (C=O) groups excluding carboxylic acids is 1. The number of aryl methyl sites for hydroxylation is 1. The molecule has 7 heteroatoms. The van der Waals surface area contributed by atoms with Gasteiger partial charge in [0.2, 0.25) is 0 Å². The van der Waals surface area contributed by atoms with E-state index in [4.69, 9.17) is 4.74 Å². The highest BCUT2D eigenvalue weighted by Crippen LogP contribution is 2.32. The van der Waals surface area contributed by atoms with Gasteiger partial charge in [-0.2, -0.15) is 0 Å². The van der Waals surface area contributed by atoms with Crippen LogP contribution in [0, 0.1) is 6.92 Å². The number of fused-ring (bicyclic) bond motifs is 1. The molecule has 0 unspecified atom stereocenters. The molecule has 0 saturated heterocycles. The molecule has 0 aliphatic rings. The molecular formula is C23H24BrNO4S. The maximum atomic E-state index is 13.6. The number of hydrogen-bond donors (Lipinski definition) is 0. The number of nitrogens with zero attached hydrogens (tertiary/aromatic N) is 1. The average Bonchev–Trinajstić information content (AvgIpc) is 2.71. The molecule has 0 bridgehead atoms. The molecule has 3 rings (SSSR count). The zero-order valence-corrected chi connectivity index (χ0v) is 19.4. The molecule has 5 nitrogen and oxygen atoms in total. The summed E-state index contributed by atoms with van der Waals surface area (Å²) >= 11 is 3.37. The summed E-state index contributed by atoms with van der Waals surface area (Å²) in [5.41, 5.74) is 1.24. The van der Waals surface area contributed by atoms with Gasteiger partial charge in [-0.25, -0.2) is 8.42 Å². The predicted octanol–water partition coefficient (Wildman–Crippen LogP) is 5.45. The normalized spacial score (nSPS) is 11.4. The molecule has 0 N–H and O–H groups in total. The molecule has 0 fully saturated rings. The zero-order chi connectivity index (χ0) is 21.7. The number of anilines is 1. The maximum Gasteiger partial charge on any atom is 0.326 e. The van der Waals surface area contributed by atoms with Crippen molar-refractivity contribution >= 4 is 48.4 Å². The Balaban J connectivity index is 2.10. The lowest BCUT2D eigenvalue weighted by molar-refractivity contribution is -0.141. The van der Waals surface area contributed by atoms with Gasteiger partial charge in [-0.3, -0.25) is 9.10 Å². The smallest absolute Gasteiger partial charge is 0.326 e. The summed E-state index contributed by atoms with van der Waals surface area (Å²) in [6, 6.07) is 17.9. The lowest BCUT2D eigenvalue weighted by Gasteiger charge is -2.25. The molecule has 3 aromatic carbocycles. The topological polar surface area (TPSA) is 63.7 Å². The van der Waals surface area contributed by atoms with E-state index in [0.717, 1.165) is 33.5 Å². The molecule has 0 aromatic heterocycles. The fourth-order valence-corrected chi connectivity index (χ4v) is 5.52. The van der Waals surface area contributed by atoms with Gasteiger partial charge >= 0.3 is 5.97 Å². The number of hydrogen-bond acceptors (Lipinski definition) is 4. The first-order valence-corrected chi connectivity index (χ1v) is 12.0. The Morgan fingerprint density at radius 3 is 2.53 bits per heavy atom. The van der Waals surface area contributed by atoms with Gasteiger partial charge in [0.05, 0.1) is 17.2 Å². The van der Waals surface area contributed by atoms with Crippen molar-refractivity contribution in [2.24, 2.45) is 0 Å². The Morgan fingerprint density at radius 1 is 1.07 bits per heavy atom. The summed E-state index contributed by atoms with van der Waals surface area (Å²) in [5, 5.41) is 1.64. The van der Waals surface area contributed by atoms with Crippen molar-refractivity contribution in [2.75, 3.05) is 17.5 Å². The molecule has 0 radical (unpaired) electrons. The van der Waals surface area contributed by atoms with E-state index in [9.17, 15) is 13.2 Å². The summed E-state index contributed by atoms with van der Waals surface area (Å²) in [4.78, 5) is 12.6. The third-order valence-electron chi connectivity index (χ3n) is 4.67. The Kier molecular flexibility index (Phi) is 7.15. The van der Waals surface area contributed by atoms with Crippen LogP contribution in [0.15, 0.2) is 70.0 Å². The van der Waals surface area contributed by atoms with Gasteiger partial charge in [-0.15, -0.1) is 0 Å². The largest absolute Gasteiger partial charge is 0.464 e. The Hall–Kier alpha value is -2.38. The molecular weight excluding hydrogens is 466 g/mol. The molecule has 3 aromatic rings. The molecule has 0 amide bonds. The Morgan fingerprint density at radius 2 is 1.80 bits per heavy atom. The first-order valence-electron chi connectivity index (χ1n) is 9.76. The predicted molar refractivity (Wildman–Crippen MR) is 123 cm³/mol. The summed E-state index contributed by atoms with van der Waals surface area (Å²) in [6.45, 7) is 3.70. The van der Waals surface area contributed by atoms with Crippen LogP contribution in [0.3, 0.4) is 0 Å². The maximum absolute atomic E-state index is 13.6. The number of carbonyl (C=O) groups is 1. The molecule has 30 heavy (non-hydrogen) atoms. The fourth-order valence-electron chi connectivity index (χ4n) is 3.20. The Labute approximate surface area is 185 Å². The van der Waals surface area contributed by atoms with Gasteiger partial charge in [0.1, 0.15) is 6.54 Å². The second-order valence-electron chi connectivity index (χ2n) is 7.05. The highest BCUT2D eigenvalue weighted by molar-refractivity contribution is 9.10. The van der Waals surface area contributed by atoms with Gasteiger partial charge in [-0.05, 0) is 48.6 Å². The van der Waals surface area contributed by atoms with Gasteiger partial charge in [-0.1, -0.05) is 65.7 Å². The van der Waals surface area contributed by atoms with Crippen LogP contribution in [-0.4, -0.2) is 27.5 Å². The lowest BCUT2D eigenvalue weighted by atomic mass is 10.1. The van der Waals surface area contributed by atoms with Crippen LogP contribution in [0.5, 0.6) is 0 Å². The minimum Gasteiger partial charge on any atom is -0.464 e. The van der Waals surface area contributed by atoms with Crippen molar-refractivity contribution in [3.05, 3.63) is 70.7 Å². The highest BCUT2D eigenvalue weighted by Gasteiger charge is 2.29. The first kappa shape index (κ1) is 22.3. The molecule has 0 spiro atoms. The van der Waals surface area contributed by atoms with E-state index >= 15 is 0 Å². The number of rotatable bonds is 8. The van der Waals surface area contributed by atoms with Crippen molar-refractivity contribution in [1.82, 2.24) is 0 Å². The average molecular weight is 490 g/mol. The third-order valence-corrected chi connectivity index (χ3v) is 6.87. The van der Waals surface area contributed by atoms with Gasteiger partial charge < -0.3 is 4.74 Å². The quantitative estimate of drug-likeness (QED) is 0.311. The molecule has 0 atom stereocenters. The fraction of sp³-hybridized carbons (Fsp3) is 0.261. The first-order chi connectivity index (χ1) is 14.3. The number of halogens is 1. The number of benzene rings is 3. The van der Waals surface area contributed by atoms with E-state index in [1.807, 2.05) is 50.2 Å². The molecule has 158 valence electrons. The van der Waals surface area contributed by atoms with Crippen LogP contribution < -0.4 is 4.31 Å². The second-order valence-corrected chi connectivity index (χ2v) is 9.83. The van der Waals surface area contributed by atoms with Crippen LogP contribution in [0.4, 0.5) is 5.69 Å². The number of ether oxygens (including phenoxy) is 1. The van der Waals surface area contributed by atoms with Crippen LogP contribution in [-0.2, 0) is 19.6 Å². The minimum atomic E-state index is -4.01. The second kappa shape index (κ2) is 9.62. The van der Waals surface area contributed by atoms with Crippen LogP contribution in [0.2, 0.25) is 0 Å². The van der Waals surface area contributed by atoms with Gasteiger partial charge in [0.25, 0.3) is 10.0 Å². The van der Waals surface area contributed by atoms with E-state index in [-0.39, 0.29) is 11.5 Å².